The van der Waals surface area contributed by atoms with Gasteiger partial charge in [-0.25, -0.2) is 9.79 Å². The van der Waals surface area contributed by atoms with Gasteiger partial charge < -0.3 is 20.5 Å². The summed E-state index contributed by atoms with van der Waals surface area (Å²) in [6.07, 6.45) is 0.623. The molecule has 0 aromatic heterocycles. The fraction of sp³-hybridized carbons (Fsp3) is 0.417. The summed E-state index contributed by atoms with van der Waals surface area (Å²) in [4.78, 5) is 19.4. The number of carbonyl (C=O) groups is 1. The number of guanidine groups is 1. The molecule has 1 aliphatic heterocycles. The normalized spacial score (nSPS) is 19.0. The van der Waals surface area contributed by atoms with Gasteiger partial charge >= 0.3 is 5.97 Å². The Labute approximate surface area is 178 Å². The van der Waals surface area contributed by atoms with Crippen molar-refractivity contribution >= 4 is 11.9 Å². The van der Waals surface area contributed by atoms with Crippen molar-refractivity contribution in [2.24, 2.45) is 16.6 Å². The van der Waals surface area contributed by atoms with Crippen molar-refractivity contribution < 1.29 is 14.6 Å². The third-order valence-corrected chi connectivity index (χ3v) is 5.30. The van der Waals surface area contributed by atoms with Gasteiger partial charge in [0.2, 0.25) is 0 Å². The first kappa shape index (κ1) is 21.8. The van der Waals surface area contributed by atoms with Crippen molar-refractivity contribution in [1.82, 2.24) is 4.90 Å². The Balaban J connectivity index is 1.62. The molecule has 2 atom stereocenters. The molecule has 6 heteroatoms. The molecule has 3 rings (SSSR count). The minimum Gasteiger partial charge on any atom is -0.458 e. The van der Waals surface area contributed by atoms with Crippen LogP contribution < -0.4 is 5.73 Å². The number of hydrogen-bond acceptors (Lipinski definition) is 4. The lowest BCUT2D eigenvalue weighted by Gasteiger charge is -2.29. The van der Waals surface area contributed by atoms with E-state index < -0.39 is 11.6 Å². The van der Waals surface area contributed by atoms with E-state index in [1.54, 1.807) is 12.1 Å². The van der Waals surface area contributed by atoms with Gasteiger partial charge in [-0.1, -0.05) is 74.5 Å². The SMILES string of the molecule is CC(C)CC(O)(C(=O)OC1CCN(C(N)=NCc2ccccc2)C1)c1ccccc1. The highest BCUT2D eigenvalue weighted by molar-refractivity contribution is 5.81. The van der Waals surface area contributed by atoms with E-state index in [1.807, 2.05) is 67.3 Å². The van der Waals surface area contributed by atoms with Crippen LogP contribution in [0.2, 0.25) is 0 Å². The molecule has 160 valence electrons. The topological polar surface area (TPSA) is 88.2 Å². The van der Waals surface area contributed by atoms with Gasteiger partial charge in [-0.05, 0) is 23.5 Å². The van der Waals surface area contributed by atoms with E-state index in [1.165, 1.54) is 0 Å². The number of hydrogen-bond donors (Lipinski definition) is 2. The number of aliphatic imine (C=N–C) groups is 1. The van der Waals surface area contributed by atoms with Gasteiger partial charge in [0.05, 0.1) is 13.1 Å². The third-order valence-electron chi connectivity index (χ3n) is 5.30. The molecule has 1 aliphatic rings. The van der Waals surface area contributed by atoms with Crippen LogP contribution in [-0.4, -0.2) is 41.1 Å². The molecule has 3 N–H and O–H groups in total. The lowest BCUT2D eigenvalue weighted by molar-refractivity contribution is -0.173. The number of nitrogens with two attached hydrogens (primary N) is 1. The number of aliphatic hydroxyl groups is 1. The zero-order valence-electron chi connectivity index (χ0n) is 17.7. The van der Waals surface area contributed by atoms with Gasteiger partial charge in [0.15, 0.2) is 11.6 Å². The number of carbonyl (C=O) groups excluding carboxylic acids is 1. The minimum absolute atomic E-state index is 0.128. The zero-order valence-corrected chi connectivity index (χ0v) is 17.7. The molecule has 0 aliphatic carbocycles. The summed E-state index contributed by atoms with van der Waals surface area (Å²) in [6.45, 7) is 5.60. The molecule has 2 aromatic carbocycles. The van der Waals surface area contributed by atoms with E-state index in [9.17, 15) is 9.90 Å². The van der Waals surface area contributed by atoms with Gasteiger partial charge in [0, 0.05) is 13.0 Å². The second kappa shape index (κ2) is 9.76. The van der Waals surface area contributed by atoms with Gasteiger partial charge in [-0.3, -0.25) is 0 Å². The third kappa shape index (κ3) is 5.39. The molecule has 30 heavy (non-hydrogen) atoms. The Morgan fingerprint density at radius 2 is 1.83 bits per heavy atom. The molecule has 1 fully saturated rings. The highest BCUT2D eigenvalue weighted by atomic mass is 16.6. The Morgan fingerprint density at radius 3 is 2.47 bits per heavy atom. The van der Waals surface area contributed by atoms with Crippen molar-refractivity contribution in [2.45, 2.75) is 44.9 Å². The lowest BCUT2D eigenvalue weighted by Crippen LogP contribution is -2.42. The Hall–Kier alpha value is -2.86. The molecule has 2 aromatic rings. The maximum absolute atomic E-state index is 13.0. The van der Waals surface area contributed by atoms with Gasteiger partial charge in [0.1, 0.15) is 6.10 Å². The standard InChI is InChI=1S/C24H31N3O3/c1-18(2)15-24(29,20-11-7-4-8-12-20)22(28)30-21-13-14-27(17-21)23(25)26-16-19-9-5-3-6-10-19/h3-12,18,21,29H,13-17H2,1-2H3,(H2,25,26). The number of nitrogens with zero attached hydrogens (tertiary/aromatic N) is 2. The fourth-order valence-corrected chi connectivity index (χ4v) is 3.76. The Bertz CT molecular complexity index is 855. The molecule has 6 nitrogen and oxygen atoms in total. The summed E-state index contributed by atoms with van der Waals surface area (Å²) < 4.78 is 5.73. The van der Waals surface area contributed by atoms with Crippen LogP contribution >= 0.6 is 0 Å². The zero-order chi connectivity index (χ0) is 21.6. The van der Waals surface area contributed by atoms with Gasteiger partial charge in [0.25, 0.3) is 0 Å². The predicted molar refractivity (Wildman–Crippen MR) is 118 cm³/mol. The lowest BCUT2D eigenvalue weighted by atomic mass is 9.85. The van der Waals surface area contributed by atoms with E-state index in [0.29, 0.717) is 44.0 Å². The summed E-state index contributed by atoms with van der Waals surface area (Å²) in [5.74, 6) is -0.0319. The molecule has 1 heterocycles. The summed E-state index contributed by atoms with van der Waals surface area (Å²) >= 11 is 0. The fourth-order valence-electron chi connectivity index (χ4n) is 3.76. The van der Waals surface area contributed by atoms with Crippen LogP contribution in [0.1, 0.15) is 37.8 Å². The maximum atomic E-state index is 13.0. The Kier molecular flexibility index (Phi) is 7.11. The van der Waals surface area contributed by atoms with Crippen LogP contribution in [0.15, 0.2) is 65.7 Å². The predicted octanol–water partition coefficient (Wildman–Crippen LogP) is 3.05. The summed E-state index contributed by atoms with van der Waals surface area (Å²) in [6, 6.07) is 18.9. The van der Waals surface area contributed by atoms with Crippen LogP contribution in [-0.2, 0) is 21.7 Å². The minimum atomic E-state index is -1.66. The van der Waals surface area contributed by atoms with Crippen LogP contribution in [0.4, 0.5) is 0 Å². The van der Waals surface area contributed by atoms with Crippen molar-refractivity contribution in [3.8, 4) is 0 Å². The first-order chi connectivity index (χ1) is 14.4. The second-order valence-corrected chi connectivity index (χ2v) is 8.25. The molecular formula is C24H31N3O3. The van der Waals surface area contributed by atoms with E-state index in [-0.39, 0.29) is 12.0 Å². The first-order valence-electron chi connectivity index (χ1n) is 10.5. The second-order valence-electron chi connectivity index (χ2n) is 8.25. The van der Waals surface area contributed by atoms with E-state index >= 15 is 0 Å². The van der Waals surface area contributed by atoms with Crippen molar-refractivity contribution in [2.75, 3.05) is 13.1 Å². The molecule has 0 saturated carbocycles. The number of benzene rings is 2. The average molecular weight is 410 g/mol. The number of likely N-dealkylation sites (tertiary alicyclic amines) is 1. The van der Waals surface area contributed by atoms with Crippen LogP contribution in [0.3, 0.4) is 0 Å². The van der Waals surface area contributed by atoms with Crippen LogP contribution in [0, 0.1) is 5.92 Å². The van der Waals surface area contributed by atoms with Crippen LogP contribution in [0.5, 0.6) is 0 Å². The number of esters is 1. The first-order valence-corrected chi connectivity index (χ1v) is 10.5. The molecular weight excluding hydrogens is 378 g/mol. The molecule has 0 bridgehead atoms. The highest BCUT2D eigenvalue weighted by Crippen LogP contribution is 2.31. The van der Waals surface area contributed by atoms with E-state index in [0.717, 1.165) is 5.56 Å². The summed E-state index contributed by atoms with van der Waals surface area (Å²) in [5, 5.41) is 11.2. The summed E-state index contributed by atoms with van der Waals surface area (Å²) in [7, 11) is 0. The maximum Gasteiger partial charge on any atom is 0.343 e. The van der Waals surface area contributed by atoms with Crippen molar-refractivity contribution in [3.05, 3.63) is 71.8 Å². The molecule has 0 spiro atoms. The van der Waals surface area contributed by atoms with Crippen LogP contribution in [0.25, 0.3) is 0 Å². The molecule has 0 amide bonds. The van der Waals surface area contributed by atoms with Gasteiger partial charge in [-0.15, -0.1) is 0 Å². The molecule has 0 radical (unpaired) electrons. The quantitative estimate of drug-likeness (QED) is 0.417. The number of rotatable bonds is 7. The number of ether oxygens (including phenoxy) is 1. The van der Waals surface area contributed by atoms with E-state index in [2.05, 4.69) is 4.99 Å². The van der Waals surface area contributed by atoms with Crippen molar-refractivity contribution in [1.29, 1.82) is 0 Å². The largest absolute Gasteiger partial charge is 0.458 e. The monoisotopic (exact) mass is 409 g/mol. The van der Waals surface area contributed by atoms with Gasteiger partial charge in [-0.2, -0.15) is 0 Å². The highest BCUT2D eigenvalue weighted by Gasteiger charge is 2.42. The van der Waals surface area contributed by atoms with E-state index in [4.69, 9.17) is 10.5 Å². The molecule has 1 saturated heterocycles. The summed E-state index contributed by atoms with van der Waals surface area (Å²) in [5.41, 5.74) is 6.14. The van der Waals surface area contributed by atoms with Crippen molar-refractivity contribution in [3.63, 3.8) is 0 Å². The Morgan fingerprint density at radius 1 is 1.20 bits per heavy atom. The average Bonchev–Trinajstić information content (AvgIpc) is 3.21. The molecule has 2 unspecified atom stereocenters. The smallest absolute Gasteiger partial charge is 0.343 e.